The van der Waals surface area contributed by atoms with Crippen LogP contribution in [0.2, 0.25) is 0 Å². The van der Waals surface area contributed by atoms with Gasteiger partial charge in [0, 0.05) is 38.0 Å². The quantitative estimate of drug-likeness (QED) is 0.173. The molecular weight excluding hydrogens is 693 g/mol. The molecule has 0 bridgehead atoms. The third-order valence-electron chi connectivity index (χ3n) is 11.7. The zero-order valence-corrected chi connectivity index (χ0v) is 30.9. The van der Waals surface area contributed by atoms with Gasteiger partial charge in [0.1, 0.15) is 5.58 Å². The molecule has 3 aromatic heterocycles. The van der Waals surface area contributed by atoms with E-state index in [1.165, 1.54) is 66.0 Å². The maximum atomic E-state index is 6.54. The molecule has 0 atom stereocenters. The van der Waals surface area contributed by atoms with Crippen LogP contribution in [0.1, 0.15) is 0 Å². The molecule has 0 N–H and O–H groups in total. The molecule has 0 saturated carbocycles. The number of furan rings is 1. The van der Waals surface area contributed by atoms with Crippen molar-refractivity contribution in [3.05, 3.63) is 206 Å². The molecule has 0 radical (unpaired) electrons. The second-order valence-corrected chi connectivity index (χ2v) is 14.9. The predicted molar refractivity (Wildman–Crippen MR) is 239 cm³/mol. The molecule has 3 nitrogen and oxygen atoms in total. The van der Waals surface area contributed by atoms with Crippen LogP contribution in [0.15, 0.2) is 211 Å². The second-order valence-electron chi connectivity index (χ2n) is 14.9. The molecule has 0 aliphatic heterocycles. The molecule has 3 heterocycles. The van der Waals surface area contributed by atoms with Gasteiger partial charge in [0.2, 0.25) is 0 Å². The van der Waals surface area contributed by atoms with E-state index in [9.17, 15) is 0 Å². The molecular formula is C54H34N2O. The van der Waals surface area contributed by atoms with Crippen LogP contribution in [0.25, 0.3) is 110 Å². The Balaban J connectivity index is 1.04. The number of nitrogens with zero attached hydrogens (tertiary/aromatic N) is 2. The van der Waals surface area contributed by atoms with Gasteiger partial charge < -0.3 is 13.6 Å². The molecule has 3 heteroatoms. The van der Waals surface area contributed by atoms with Gasteiger partial charge in [0.05, 0.1) is 27.8 Å². The number of aromatic nitrogens is 2. The fourth-order valence-electron chi connectivity index (χ4n) is 9.04. The molecule has 0 aliphatic carbocycles. The van der Waals surface area contributed by atoms with Crippen LogP contribution in [0.5, 0.6) is 0 Å². The molecule has 0 unspecified atom stereocenters. The summed E-state index contributed by atoms with van der Waals surface area (Å²) in [6.45, 7) is 0. The summed E-state index contributed by atoms with van der Waals surface area (Å²) in [5.74, 6) is 0. The normalized spacial score (nSPS) is 11.9. The maximum absolute atomic E-state index is 6.54. The first-order valence-corrected chi connectivity index (χ1v) is 19.5. The van der Waals surface area contributed by atoms with Crippen LogP contribution in [0.3, 0.4) is 0 Å². The van der Waals surface area contributed by atoms with E-state index in [1.807, 2.05) is 6.07 Å². The van der Waals surface area contributed by atoms with E-state index in [0.717, 1.165) is 44.3 Å². The summed E-state index contributed by atoms with van der Waals surface area (Å²) in [6, 6.07) is 74.5. The SMILES string of the molecule is c1ccc(-c2ccc(-n3c4ccc(-c5ccc6c(c5)c5ccccc5n6-c5cccc6c5oc5ccccc56)cc4c4ccc(-c5ccccc5)cc43)cc2)cc1. The fourth-order valence-corrected chi connectivity index (χ4v) is 9.04. The molecule has 266 valence electrons. The molecule has 12 aromatic rings. The van der Waals surface area contributed by atoms with Gasteiger partial charge in [-0.3, -0.25) is 0 Å². The summed E-state index contributed by atoms with van der Waals surface area (Å²) in [7, 11) is 0. The molecule has 12 rings (SSSR count). The van der Waals surface area contributed by atoms with E-state index in [1.54, 1.807) is 0 Å². The average Bonchev–Trinajstić information content (AvgIpc) is 3.94. The van der Waals surface area contributed by atoms with Crippen molar-refractivity contribution in [1.29, 1.82) is 0 Å². The van der Waals surface area contributed by atoms with Crippen molar-refractivity contribution in [2.24, 2.45) is 0 Å². The van der Waals surface area contributed by atoms with Crippen molar-refractivity contribution in [2.75, 3.05) is 0 Å². The number of hydrogen-bond acceptors (Lipinski definition) is 1. The smallest absolute Gasteiger partial charge is 0.159 e. The summed E-state index contributed by atoms with van der Waals surface area (Å²) >= 11 is 0. The van der Waals surface area contributed by atoms with Gasteiger partial charge in [-0.05, 0) is 94.0 Å². The molecule has 0 saturated heterocycles. The Kier molecular flexibility index (Phi) is 6.93. The van der Waals surface area contributed by atoms with Crippen LogP contribution in [-0.2, 0) is 0 Å². The minimum Gasteiger partial charge on any atom is -0.454 e. The summed E-state index contributed by atoms with van der Waals surface area (Å²) in [6.07, 6.45) is 0. The van der Waals surface area contributed by atoms with E-state index in [0.29, 0.717) is 0 Å². The average molecular weight is 727 g/mol. The lowest BCUT2D eigenvalue weighted by molar-refractivity contribution is 0.666. The largest absolute Gasteiger partial charge is 0.454 e. The topological polar surface area (TPSA) is 23.0 Å². The Hall–Kier alpha value is -7.62. The van der Waals surface area contributed by atoms with E-state index >= 15 is 0 Å². The molecule has 57 heavy (non-hydrogen) atoms. The summed E-state index contributed by atoms with van der Waals surface area (Å²) in [4.78, 5) is 0. The van der Waals surface area contributed by atoms with Crippen molar-refractivity contribution < 1.29 is 4.42 Å². The second kappa shape index (κ2) is 12.5. The van der Waals surface area contributed by atoms with Gasteiger partial charge in [0.15, 0.2) is 5.58 Å². The van der Waals surface area contributed by atoms with Crippen molar-refractivity contribution in [1.82, 2.24) is 9.13 Å². The van der Waals surface area contributed by atoms with Gasteiger partial charge in [-0.2, -0.15) is 0 Å². The number of benzene rings is 9. The van der Waals surface area contributed by atoms with Crippen molar-refractivity contribution >= 4 is 65.6 Å². The van der Waals surface area contributed by atoms with Crippen molar-refractivity contribution in [2.45, 2.75) is 0 Å². The Morgan fingerprint density at radius 1 is 0.281 bits per heavy atom. The van der Waals surface area contributed by atoms with Gasteiger partial charge in [-0.1, -0.05) is 146 Å². The number of para-hydroxylation sites is 3. The number of rotatable bonds is 5. The molecule has 0 spiro atoms. The Labute approximate surface area is 328 Å². The molecule has 0 fully saturated rings. The molecule has 0 amide bonds. The first kappa shape index (κ1) is 31.7. The lowest BCUT2D eigenvalue weighted by atomic mass is 9.99. The summed E-state index contributed by atoms with van der Waals surface area (Å²) in [5.41, 5.74) is 15.9. The lowest BCUT2D eigenvalue weighted by Gasteiger charge is -2.11. The zero-order chi connectivity index (χ0) is 37.5. The van der Waals surface area contributed by atoms with E-state index in [2.05, 4.69) is 209 Å². The minimum atomic E-state index is 0.900. The fraction of sp³-hybridized carbons (Fsp3) is 0. The van der Waals surface area contributed by atoms with Crippen LogP contribution in [0.4, 0.5) is 0 Å². The highest BCUT2D eigenvalue weighted by molar-refractivity contribution is 6.15. The predicted octanol–water partition coefficient (Wildman–Crippen LogP) is 14.8. The Morgan fingerprint density at radius 2 is 0.789 bits per heavy atom. The lowest BCUT2D eigenvalue weighted by Crippen LogP contribution is -1.94. The third-order valence-corrected chi connectivity index (χ3v) is 11.7. The van der Waals surface area contributed by atoms with Crippen molar-refractivity contribution in [3.8, 4) is 44.8 Å². The van der Waals surface area contributed by atoms with Crippen LogP contribution in [-0.4, -0.2) is 9.13 Å². The minimum absolute atomic E-state index is 0.900. The van der Waals surface area contributed by atoms with Crippen LogP contribution >= 0.6 is 0 Å². The first-order valence-electron chi connectivity index (χ1n) is 19.5. The first-order chi connectivity index (χ1) is 28.3. The monoisotopic (exact) mass is 726 g/mol. The Morgan fingerprint density at radius 3 is 1.53 bits per heavy atom. The molecule has 0 aliphatic rings. The standard InChI is InChI=1S/C54H34N2O/c1-3-12-35(13-4-1)37-22-27-41(28-23-37)55-49-30-25-38(33-47(49)43-29-24-40(34-52(43)55)36-14-5-2-6-15-36)39-26-31-50-46(32-39)42-16-7-9-19-48(42)56(50)51-20-11-18-45-44-17-8-10-21-53(44)57-54(45)51/h1-34H. The van der Waals surface area contributed by atoms with E-state index < -0.39 is 0 Å². The highest BCUT2D eigenvalue weighted by Crippen LogP contribution is 2.41. The summed E-state index contributed by atoms with van der Waals surface area (Å²) in [5, 5.41) is 7.15. The van der Waals surface area contributed by atoms with Gasteiger partial charge >= 0.3 is 0 Å². The van der Waals surface area contributed by atoms with E-state index in [4.69, 9.17) is 4.42 Å². The van der Waals surface area contributed by atoms with Gasteiger partial charge in [-0.15, -0.1) is 0 Å². The van der Waals surface area contributed by atoms with Crippen LogP contribution in [0, 0.1) is 0 Å². The number of hydrogen-bond donors (Lipinski definition) is 0. The highest BCUT2D eigenvalue weighted by Gasteiger charge is 2.19. The third kappa shape index (κ3) is 4.92. The van der Waals surface area contributed by atoms with Crippen LogP contribution < -0.4 is 0 Å². The van der Waals surface area contributed by atoms with E-state index in [-0.39, 0.29) is 0 Å². The van der Waals surface area contributed by atoms with Gasteiger partial charge in [0.25, 0.3) is 0 Å². The maximum Gasteiger partial charge on any atom is 0.159 e. The summed E-state index contributed by atoms with van der Waals surface area (Å²) < 4.78 is 11.3. The zero-order valence-electron chi connectivity index (χ0n) is 30.9. The molecule has 9 aromatic carbocycles. The van der Waals surface area contributed by atoms with Gasteiger partial charge in [-0.25, -0.2) is 0 Å². The highest BCUT2D eigenvalue weighted by atomic mass is 16.3. The number of fused-ring (bicyclic) bond motifs is 9. The Bertz CT molecular complexity index is 3490. The van der Waals surface area contributed by atoms with Crippen molar-refractivity contribution in [3.63, 3.8) is 0 Å².